The monoisotopic (exact) mass is 1130 g/mol. The van der Waals surface area contributed by atoms with Crippen molar-refractivity contribution in [1.29, 1.82) is 0 Å². The zero-order chi connectivity index (χ0) is 59.2. The van der Waals surface area contributed by atoms with Crippen molar-refractivity contribution >= 4 is 17.9 Å². The second-order valence-electron chi connectivity index (χ2n) is 22.3. The van der Waals surface area contributed by atoms with Crippen molar-refractivity contribution in [3.05, 3.63) is 134 Å². The van der Waals surface area contributed by atoms with Gasteiger partial charge in [-0.25, -0.2) is 0 Å². The fourth-order valence-electron chi connectivity index (χ4n) is 9.34. The average Bonchev–Trinajstić information content (AvgIpc) is 3.47. The number of allylic oxidation sites excluding steroid dienone is 22. The van der Waals surface area contributed by atoms with E-state index >= 15 is 0 Å². The first-order valence-corrected chi connectivity index (χ1v) is 34.2. The van der Waals surface area contributed by atoms with Gasteiger partial charge >= 0.3 is 17.9 Å². The minimum absolute atomic E-state index is 0.104. The molecule has 466 valence electrons. The van der Waals surface area contributed by atoms with Gasteiger partial charge in [-0.05, 0) is 122 Å². The second-order valence-corrected chi connectivity index (χ2v) is 22.3. The molecule has 0 saturated heterocycles. The first kappa shape index (κ1) is 77.5. The van der Waals surface area contributed by atoms with E-state index in [2.05, 4.69) is 148 Å². The van der Waals surface area contributed by atoms with E-state index in [1.165, 1.54) is 154 Å². The third kappa shape index (κ3) is 66.4. The molecule has 0 heterocycles. The van der Waals surface area contributed by atoms with Gasteiger partial charge in [-0.15, -0.1) is 0 Å². The van der Waals surface area contributed by atoms with E-state index in [0.717, 1.165) is 109 Å². The van der Waals surface area contributed by atoms with Crippen molar-refractivity contribution in [2.45, 2.75) is 316 Å². The van der Waals surface area contributed by atoms with E-state index in [0.29, 0.717) is 19.3 Å². The summed E-state index contributed by atoms with van der Waals surface area (Å²) in [4.78, 5) is 38.3. The van der Waals surface area contributed by atoms with Gasteiger partial charge in [0, 0.05) is 19.3 Å². The maximum Gasteiger partial charge on any atom is 0.306 e. The standard InChI is InChI=1S/C76H126O6/c1-4-7-10-13-16-19-22-25-27-29-31-32-33-34-35-36-37-38-39-40-41-42-43-44-45-47-48-51-54-57-60-63-66-69-75(78)81-72-73(71-80-74(77)68-65-62-59-56-53-50-24-21-18-15-12-9-6-3)82-76(79)70-67-64-61-58-55-52-49-46-30-28-26-23-20-17-14-11-8-5-2/h7,9-10,12,16,18-21,23,25,27-28,30-32,34-35,50,53,59,62,73H,4-6,8,11,13-15,17,22,24,26,29,33,36-49,51-52,54-58,60-61,63-72H2,1-3H3/b10-7-,12-9-,19-16-,21-18-,23-20-,27-25-,30-28-,32-31-,35-34-,53-50-,62-59-. The van der Waals surface area contributed by atoms with Crippen LogP contribution in [0.2, 0.25) is 0 Å². The highest BCUT2D eigenvalue weighted by Crippen LogP contribution is 2.16. The van der Waals surface area contributed by atoms with E-state index in [1.54, 1.807) is 0 Å². The topological polar surface area (TPSA) is 78.9 Å². The maximum atomic E-state index is 12.9. The number of ether oxygens (including phenoxy) is 3. The summed E-state index contributed by atoms with van der Waals surface area (Å²) in [5.41, 5.74) is 0. The lowest BCUT2D eigenvalue weighted by Crippen LogP contribution is -2.30. The van der Waals surface area contributed by atoms with Gasteiger partial charge in [-0.1, -0.05) is 302 Å². The van der Waals surface area contributed by atoms with Gasteiger partial charge in [0.1, 0.15) is 13.2 Å². The number of carbonyl (C=O) groups excluding carboxylic acids is 3. The Hall–Kier alpha value is -4.45. The quantitative estimate of drug-likeness (QED) is 0.0261. The van der Waals surface area contributed by atoms with Crippen LogP contribution in [0.15, 0.2) is 134 Å². The summed E-state index contributed by atoms with van der Waals surface area (Å²) in [6, 6.07) is 0. The SMILES string of the molecule is CC/C=C\C/C=C\C/C=C\C/C=C\C/C=C\CCCCCCCCCCCCCCCCCCCC(=O)OCC(COC(=O)CC/C=C\C/C=C\C/C=C\C/C=C\CC)OC(=O)CCCCCCCCC/C=C\C/C=C\CCCCCC. The Kier molecular flexibility index (Phi) is 65.3. The van der Waals surface area contributed by atoms with Gasteiger partial charge in [-0.3, -0.25) is 14.4 Å². The molecular weight excluding hydrogens is 1010 g/mol. The summed E-state index contributed by atoms with van der Waals surface area (Å²) in [5, 5.41) is 0. The third-order valence-corrected chi connectivity index (χ3v) is 14.4. The normalized spacial score (nSPS) is 13.0. The minimum Gasteiger partial charge on any atom is -0.462 e. The molecule has 0 spiro atoms. The molecule has 0 saturated carbocycles. The molecule has 0 aliphatic heterocycles. The Morgan fingerprint density at radius 1 is 0.256 bits per heavy atom. The first-order chi connectivity index (χ1) is 40.5. The summed E-state index contributed by atoms with van der Waals surface area (Å²) >= 11 is 0. The van der Waals surface area contributed by atoms with Crippen LogP contribution in [-0.4, -0.2) is 37.2 Å². The van der Waals surface area contributed by atoms with Crippen LogP contribution in [0.1, 0.15) is 310 Å². The van der Waals surface area contributed by atoms with E-state index in [4.69, 9.17) is 14.2 Å². The van der Waals surface area contributed by atoms with E-state index in [9.17, 15) is 14.4 Å². The molecular formula is C76H126O6. The Bertz CT molecular complexity index is 1730. The zero-order valence-corrected chi connectivity index (χ0v) is 53.5. The summed E-state index contributed by atoms with van der Waals surface area (Å²) in [5.74, 6) is -0.990. The molecule has 1 unspecified atom stereocenters. The number of hydrogen-bond donors (Lipinski definition) is 0. The largest absolute Gasteiger partial charge is 0.462 e. The van der Waals surface area contributed by atoms with E-state index < -0.39 is 6.10 Å². The van der Waals surface area contributed by atoms with Crippen molar-refractivity contribution in [3.8, 4) is 0 Å². The molecule has 6 heteroatoms. The molecule has 0 aromatic rings. The van der Waals surface area contributed by atoms with Gasteiger partial charge in [0.25, 0.3) is 0 Å². The average molecular weight is 1140 g/mol. The van der Waals surface area contributed by atoms with Crippen molar-refractivity contribution in [2.24, 2.45) is 0 Å². The Morgan fingerprint density at radius 2 is 0.500 bits per heavy atom. The number of rotatable bonds is 61. The van der Waals surface area contributed by atoms with E-state index in [1.807, 2.05) is 6.08 Å². The van der Waals surface area contributed by atoms with Crippen LogP contribution in [-0.2, 0) is 28.6 Å². The van der Waals surface area contributed by atoms with Gasteiger partial charge in [0.05, 0.1) is 0 Å². The highest BCUT2D eigenvalue weighted by atomic mass is 16.6. The van der Waals surface area contributed by atoms with Gasteiger partial charge < -0.3 is 14.2 Å². The molecule has 0 aliphatic carbocycles. The summed E-state index contributed by atoms with van der Waals surface area (Å²) in [6.07, 6.45) is 97.8. The lowest BCUT2D eigenvalue weighted by atomic mass is 10.0. The second kappa shape index (κ2) is 69.0. The Morgan fingerprint density at radius 3 is 0.817 bits per heavy atom. The molecule has 0 bridgehead atoms. The van der Waals surface area contributed by atoms with Crippen molar-refractivity contribution in [3.63, 3.8) is 0 Å². The Balaban J connectivity index is 4.24. The van der Waals surface area contributed by atoms with Gasteiger partial charge in [0.15, 0.2) is 6.10 Å². The van der Waals surface area contributed by atoms with Crippen LogP contribution >= 0.6 is 0 Å². The molecule has 0 fully saturated rings. The summed E-state index contributed by atoms with van der Waals surface area (Å²) in [6.45, 7) is 6.34. The lowest BCUT2D eigenvalue weighted by Gasteiger charge is -2.18. The third-order valence-electron chi connectivity index (χ3n) is 14.4. The number of esters is 3. The van der Waals surface area contributed by atoms with Gasteiger partial charge in [-0.2, -0.15) is 0 Å². The highest BCUT2D eigenvalue weighted by molar-refractivity contribution is 5.71. The first-order valence-electron chi connectivity index (χ1n) is 34.2. The molecule has 82 heavy (non-hydrogen) atoms. The molecule has 0 aliphatic rings. The van der Waals surface area contributed by atoms with Gasteiger partial charge in [0.2, 0.25) is 0 Å². The zero-order valence-electron chi connectivity index (χ0n) is 53.5. The van der Waals surface area contributed by atoms with Crippen LogP contribution in [0.5, 0.6) is 0 Å². The lowest BCUT2D eigenvalue weighted by molar-refractivity contribution is -0.166. The van der Waals surface area contributed by atoms with Crippen molar-refractivity contribution < 1.29 is 28.6 Å². The van der Waals surface area contributed by atoms with Crippen LogP contribution in [0.4, 0.5) is 0 Å². The fraction of sp³-hybridized carbons (Fsp3) is 0.671. The predicted octanol–water partition coefficient (Wildman–Crippen LogP) is 23.7. The van der Waals surface area contributed by atoms with Crippen molar-refractivity contribution in [1.82, 2.24) is 0 Å². The highest BCUT2D eigenvalue weighted by Gasteiger charge is 2.19. The molecule has 6 nitrogen and oxygen atoms in total. The molecule has 0 amide bonds. The van der Waals surface area contributed by atoms with Crippen LogP contribution in [0.25, 0.3) is 0 Å². The Labute approximate surface area is 506 Å². The fourth-order valence-corrected chi connectivity index (χ4v) is 9.34. The molecule has 0 N–H and O–H groups in total. The molecule has 0 rings (SSSR count). The van der Waals surface area contributed by atoms with Crippen molar-refractivity contribution in [2.75, 3.05) is 13.2 Å². The minimum atomic E-state index is -0.814. The molecule has 0 aromatic heterocycles. The molecule has 1 atom stereocenters. The van der Waals surface area contributed by atoms with Crippen LogP contribution in [0.3, 0.4) is 0 Å². The van der Waals surface area contributed by atoms with Crippen LogP contribution < -0.4 is 0 Å². The predicted molar refractivity (Wildman–Crippen MR) is 357 cm³/mol. The maximum absolute atomic E-state index is 12.9. The molecule has 0 radical (unpaired) electrons. The number of carbonyl (C=O) groups is 3. The summed E-state index contributed by atoms with van der Waals surface area (Å²) < 4.78 is 16.9. The van der Waals surface area contributed by atoms with E-state index in [-0.39, 0.29) is 37.5 Å². The number of hydrogen-bond acceptors (Lipinski definition) is 6. The molecule has 0 aromatic carbocycles. The van der Waals surface area contributed by atoms with Crippen LogP contribution in [0, 0.1) is 0 Å². The summed E-state index contributed by atoms with van der Waals surface area (Å²) in [7, 11) is 0. The smallest absolute Gasteiger partial charge is 0.306 e. The number of unbranched alkanes of at least 4 members (excludes halogenated alkanes) is 28.